The van der Waals surface area contributed by atoms with Crippen molar-refractivity contribution in [3.8, 4) is 11.5 Å². The number of carbonyl (C=O) groups excluding carboxylic acids is 2. The van der Waals surface area contributed by atoms with Gasteiger partial charge in [0.2, 0.25) is 5.89 Å². The second-order valence-electron chi connectivity index (χ2n) is 6.17. The first kappa shape index (κ1) is 19.7. The van der Waals surface area contributed by atoms with Crippen LogP contribution in [0.4, 0.5) is 11.4 Å². The first-order valence-electron chi connectivity index (χ1n) is 8.62. The molecule has 0 bridgehead atoms. The van der Waals surface area contributed by atoms with Gasteiger partial charge in [0.25, 0.3) is 11.6 Å². The number of esters is 1. The highest BCUT2D eigenvalue weighted by atomic mass is 16.6. The molecule has 2 aromatic carbocycles. The molecule has 0 aliphatic carbocycles. The van der Waals surface area contributed by atoms with Gasteiger partial charge in [0, 0.05) is 11.6 Å². The number of nitrogens with one attached hydrogen (secondary N) is 1. The number of oxazole rings is 1. The fraction of sp³-hybridized carbons (Fsp3) is 0.150. The van der Waals surface area contributed by atoms with E-state index in [0.29, 0.717) is 17.1 Å². The molecule has 0 aliphatic heterocycles. The topological polar surface area (TPSA) is 125 Å². The van der Waals surface area contributed by atoms with Gasteiger partial charge in [-0.25, -0.2) is 4.98 Å². The number of nitro benzene ring substituents is 1. The van der Waals surface area contributed by atoms with Crippen molar-refractivity contribution in [3.05, 3.63) is 76.2 Å². The summed E-state index contributed by atoms with van der Waals surface area (Å²) >= 11 is 0. The zero-order valence-electron chi connectivity index (χ0n) is 15.5. The normalized spacial score (nSPS) is 10.4. The van der Waals surface area contributed by atoms with Crippen molar-refractivity contribution in [2.45, 2.75) is 13.3 Å². The number of amides is 1. The monoisotopic (exact) mass is 395 g/mol. The van der Waals surface area contributed by atoms with Crippen molar-refractivity contribution >= 4 is 23.3 Å². The second-order valence-corrected chi connectivity index (χ2v) is 6.17. The van der Waals surface area contributed by atoms with Gasteiger partial charge in [-0.3, -0.25) is 19.7 Å². The molecule has 0 aliphatic rings. The van der Waals surface area contributed by atoms with Crippen molar-refractivity contribution in [1.29, 1.82) is 0 Å². The van der Waals surface area contributed by atoms with Gasteiger partial charge in [0.15, 0.2) is 6.61 Å². The lowest BCUT2D eigenvalue weighted by Gasteiger charge is -2.07. The summed E-state index contributed by atoms with van der Waals surface area (Å²) in [6.07, 6.45) is 1.17. The Balaban J connectivity index is 1.53. The molecule has 0 saturated heterocycles. The summed E-state index contributed by atoms with van der Waals surface area (Å²) in [5.74, 6) is -0.986. The summed E-state index contributed by atoms with van der Waals surface area (Å²) in [5, 5.41) is 13.5. The highest BCUT2D eigenvalue weighted by Gasteiger charge is 2.17. The van der Waals surface area contributed by atoms with E-state index in [1.807, 2.05) is 30.3 Å². The van der Waals surface area contributed by atoms with Gasteiger partial charge in [-0.2, -0.15) is 0 Å². The SMILES string of the molecule is Cc1ccc(NC(=O)COC(=O)Cc2coc(-c3ccccc3)n2)c([N+](=O)[O-])c1. The summed E-state index contributed by atoms with van der Waals surface area (Å²) in [7, 11) is 0. The van der Waals surface area contributed by atoms with Crippen molar-refractivity contribution in [3.63, 3.8) is 0 Å². The number of carbonyl (C=O) groups is 2. The molecule has 1 aromatic heterocycles. The number of aryl methyl sites for hydroxylation is 1. The number of hydrogen-bond acceptors (Lipinski definition) is 7. The van der Waals surface area contributed by atoms with Gasteiger partial charge in [0.05, 0.1) is 17.0 Å². The quantitative estimate of drug-likeness (QED) is 0.370. The van der Waals surface area contributed by atoms with Crippen LogP contribution in [0.1, 0.15) is 11.3 Å². The maximum atomic E-state index is 12.0. The molecule has 0 unspecified atom stereocenters. The smallest absolute Gasteiger partial charge is 0.312 e. The van der Waals surface area contributed by atoms with E-state index in [4.69, 9.17) is 9.15 Å². The van der Waals surface area contributed by atoms with Crippen molar-refractivity contribution in [2.24, 2.45) is 0 Å². The molecule has 1 N–H and O–H groups in total. The molecule has 9 nitrogen and oxygen atoms in total. The molecular formula is C20H17N3O6. The molecule has 1 amide bonds. The fourth-order valence-corrected chi connectivity index (χ4v) is 2.53. The Labute approximate surface area is 165 Å². The predicted octanol–water partition coefficient (Wildman–Crippen LogP) is 3.28. The van der Waals surface area contributed by atoms with E-state index in [1.54, 1.807) is 13.0 Å². The summed E-state index contributed by atoms with van der Waals surface area (Å²) in [6, 6.07) is 13.6. The van der Waals surface area contributed by atoms with Crippen LogP contribution < -0.4 is 5.32 Å². The standard InChI is InChI=1S/C20H17N3O6/c1-13-7-8-16(17(9-13)23(26)27)22-18(24)12-28-19(25)10-15-11-29-20(21-15)14-5-3-2-4-6-14/h2-9,11H,10,12H2,1H3,(H,22,24). The minimum atomic E-state index is -0.685. The number of benzene rings is 2. The lowest BCUT2D eigenvalue weighted by atomic mass is 10.2. The predicted molar refractivity (Wildman–Crippen MR) is 103 cm³/mol. The van der Waals surface area contributed by atoms with Crippen molar-refractivity contribution in [2.75, 3.05) is 11.9 Å². The average molecular weight is 395 g/mol. The molecule has 1 heterocycles. The van der Waals surface area contributed by atoms with Crippen LogP contribution in [0.3, 0.4) is 0 Å². The zero-order valence-corrected chi connectivity index (χ0v) is 15.5. The number of nitrogens with zero attached hydrogens (tertiary/aromatic N) is 2. The van der Waals surface area contributed by atoms with Crippen LogP contribution in [0.5, 0.6) is 0 Å². The van der Waals surface area contributed by atoms with E-state index in [-0.39, 0.29) is 17.8 Å². The highest BCUT2D eigenvalue weighted by Crippen LogP contribution is 2.25. The van der Waals surface area contributed by atoms with E-state index >= 15 is 0 Å². The lowest BCUT2D eigenvalue weighted by Crippen LogP contribution is -2.22. The summed E-state index contributed by atoms with van der Waals surface area (Å²) in [6.45, 7) is 1.13. The van der Waals surface area contributed by atoms with Gasteiger partial charge in [-0.05, 0) is 30.7 Å². The van der Waals surface area contributed by atoms with Crippen LogP contribution >= 0.6 is 0 Å². The van der Waals surface area contributed by atoms with Crippen LogP contribution in [0.25, 0.3) is 11.5 Å². The number of aromatic nitrogens is 1. The van der Waals surface area contributed by atoms with Gasteiger partial charge in [-0.1, -0.05) is 24.3 Å². The molecule has 3 rings (SSSR count). The molecule has 0 spiro atoms. The van der Waals surface area contributed by atoms with Crippen LogP contribution in [0.15, 0.2) is 59.2 Å². The Morgan fingerprint density at radius 1 is 1.21 bits per heavy atom. The van der Waals surface area contributed by atoms with Gasteiger partial charge >= 0.3 is 5.97 Å². The minimum Gasteiger partial charge on any atom is -0.455 e. The fourth-order valence-electron chi connectivity index (χ4n) is 2.53. The van der Waals surface area contributed by atoms with Crippen molar-refractivity contribution in [1.82, 2.24) is 4.98 Å². The molecule has 9 heteroatoms. The number of nitro groups is 1. The molecule has 29 heavy (non-hydrogen) atoms. The first-order chi connectivity index (χ1) is 13.9. The van der Waals surface area contributed by atoms with Crippen LogP contribution in [-0.2, 0) is 20.7 Å². The minimum absolute atomic E-state index is 0.0330. The second kappa shape index (κ2) is 8.79. The number of rotatable bonds is 7. The Bertz CT molecular complexity index is 1050. The average Bonchev–Trinajstić information content (AvgIpc) is 3.17. The number of hydrogen-bond donors (Lipinski definition) is 1. The molecule has 3 aromatic rings. The zero-order chi connectivity index (χ0) is 20.8. The molecule has 148 valence electrons. The number of ether oxygens (including phenoxy) is 1. The third kappa shape index (κ3) is 5.25. The molecular weight excluding hydrogens is 378 g/mol. The summed E-state index contributed by atoms with van der Waals surface area (Å²) in [4.78, 5) is 38.6. The molecule has 0 saturated carbocycles. The van der Waals surface area contributed by atoms with Crippen molar-refractivity contribution < 1.29 is 23.7 Å². The van der Waals surface area contributed by atoms with Crippen LogP contribution in [-0.4, -0.2) is 28.4 Å². The van der Waals surface area contributed by atoms with E-state index in [2.05, 4.69) is 10.3 Å². The van der Waals surface area contributed by atoms with Crippen LogP contribution in [0.2, 0.25) is 0 Å². The Morgan fingerprint density at radius 2 is 1.97 bits per heavy atom. The summed E-state index contributed by atoms with van der Waals surface area (Å²) in [5.41, 5.74) is 1.62. The Kier molecular flexibility index (Phi) is 5.98. The third-order valence-electron chi connectivity index (χ3n) is 3.89. The van der Waals surface area contributed by atoms with E-state index < -0.39 is 23.4 Å². The molecule has 0 radical (unpaired) electrons. The van der Waals surface area contributed by atoms with Gasteiger partial charge in [0.1, 0.15) is 12.0 Å². The van der Waals surface area contributed by atoms with Gasteiger partial charge in [-0.15, -0.1) is 0 Å². The highest BCUT2D eigenvalue weighted by molar-refractivity contribution is 5.95. The molecule has 0 atom stereocenters. The first-order valence-corrected chi connectivity index (χ1v) is 8.62. The van der Waals surface area contributed by atoms with Crippen LogP contribution in [0, 0.1) is 17.0 Å². The molecule has 0 fully saturated rings. The van der Waals surface area contributed by atoms with E-state index in [0.717, 1.165) is 5.56 Å². The lowest BCUT2D eigenvalue weighted by molar-refractivity contribution is -0.384. The largest absolute Gasteiger partial charge is 0.455 e. The third-order valence-corrected chi connectivity index (χ3v) is 3.89. The Hall–Kier alpha value is -4.01. The number of anilines is 1. The van der Waals surface area contributed by atoms with E-state index in [1.165, 1.54) is 18.4 Å². The Morgan fingerprint density at radius 3 is 2.69 bits per heavy atom. The maximum Gasteiger partial charge on any atom is 0.312 e. The summed E-state index contributed by atoms with van der Waals surface area (Å²) < 4.78 is 10.3. The maximum absolute atomic E-state index is 12.0. The van der Waals surface area contributed by atoms with Gasteiger partial charge < -0.3 is 14.5 Å². The van der Waals surface area contributed by atoms with E-state index in [9.17, 15) is 19.7 Å².